The van der Waals surface area contributed by atoms with E-state index in [2.05, 4.69) is 6.92 Å². The Kier molecular flexibility index (Phi) is 7.70. The molecule has 4 aromatic rings. The lowest BCUT2D eigenvalue weighted by molar-refractivity contribution is -0.126. The summed E-state index contributed by atoms with van der Waals surface area (Å²) in [6.45, 7) is 2.70. The Bertz CT molecular complexity index is 1560. The first kappa shape index (κ1) is 27.2. The normalized spacial score (nSPS) is 19.6. The Labute approximate surface area is 244 Å². The van der Waals surface area contributed by atoms with E-state index >= 15 is 0 Å². The average molecular weight is 563 g/mol. The molecule has 2 saturated heterocycles. The molecule has 42 heavy (non-hydrogen) atoms. The van der Waals surface area contributed by atoms with Crippen molar-refractivity contribution in [2.45, 2.75) is 31.9 Å². The summed E-state index contributed by atoms with van der Waals surface area (Å²) in [5.74, 6) is -0.951. The number of imide groups is 1. The molecule has 0 radical (unpaired) electrons. The molecule has 0 spiro atoms. The summed E-state index contributed by atoms with van der Waals surface area (Å²) in [4.78, 5) is 47.5. The fraction of sp³-hybridized carbons (Fsp3) is 0.206. The van der Waals surface area contributed by atoms with Crippen molar-refractivity contribution in [1.82, 2.24) is 0 Å². The van der Waals surface area contributed by atoms with Crippen molar-refractivity contribution in [1.29, 1.82) is 0 Å². The second kappa shape index (κ2) is 11.9. The number of unbranched alkanes of at least 4 members (excludes halogenated alkanes) is 1. The Hall–Kier alpha value is -4.95. The monoisotopic (exact) mass is 562 g/mol. The van der Waals surface area contributed by atoms with Crippen LogP contribution in [0.4, 0.5) is 11.4 Å². The van der Waals surface area contributed by atoms with Gasteiger partial charge in [0.15, 0.2) is 6.10 Å². The number of benzene rings is 4. The van der Waals surface area contributed by atoms with E-state index in [0.717, 1.165) is 24.1 Å². The smallest absolute Gasteiger partial charge is 0.343 e. The third kappa shape index (κ3) is 5.24. The van der Waals surface area contributed by atoms with Gasteiger partial charge in [-0.15, -0.1) is 0 Å². The molecular formula is C34H30N2O6. The van der Waals surface area contributed by atoms with Crippen molar-refractivity contribution >= 4 is 29.2 Å². The number of esters is 1. The van der Waals surface area contributed by atoms with Crippen LogP contribution >= 0.6 is 0 Å². The molecule has 2 amide bonds. The van der Waals surface area contributed by atoms with Gasteiger partial charge in [-0.1, -0.05) is 61.9 Å². The molecule has 0 aromatic heterocycles. The van der Waals surface area contributed by atoms with E-state index in [1.807, 2.05) is 36.4 Å². The van der Waals surface area contributed by atoms with E-state index in [-0.39, 0.29) is 5.91 Å². The van der Waals surface area contributed by atoms with E-state index in [1.54, 1.807) is 77.9 Å². The summed E-state index contributed by atoms with van der Waals surface area (Å²) in [7, 11) is 0. The highest BCUT2D eigenvalue weighted by Gasteiger charge is 2.60. The van der Waals surface area contributed by atoms with Gasteiger partial charge < -0.3 is 9.47 Å². The van der Waals surface area contributed by atoms with E-state index in [1.165, 1.54) is 4.90 Å². The minimum absolute atomic E-state index is 0.340. The first-order valence-electron chi connectivity index (χ1n) is 14.0. The number of nitrogens with zero attached hydrogens (tertiary/aromatic N) is 2. The largest absolute Gasteiger partial charge is 0.494 e. The Morgan fingerprint density at radius 2 is 1.40 bits per heavy atom. The highest BCUT2D eigenvalue weighted by atomic mass is 16.7. The van der Waals surface area contributed by atoms with Gasteiger partial charge in [0, 0.05) is 0 Å². The molecule has 0 saturated carbocycles. The molecule has 0 bridgehead atoms. The molecule has 0 unspecified atom stereocenters. The van der Waals surface area contributed by atoms with Gasteiger partial charge in [0.2, 0.25) is 5.91 Å². The number of anilines is 2. The Balaban J connectivity index is 1.27. The van der Waals surface area contributed by atoms with E-state index in [4.69, 9.17) is 14.3 Å². The van der Waals surface area contributed by atoms with Gasteiger partial charge in [0.05, 0.1) is 29.6 Å². The predicted octanol–water partition coefficient (Wildman–Crippen LogP) is 6.14. The van der Waals surface area contributed by atoms with Gasteiger partial charge in [-0.3, -0.25) is 14.4 Å². The van der Waals surface area contributed by atoms with E-state index in [0.29, 0.717) is 29.4 Å². The van der Waals surface area contributed by atoms with Crippen LogP contribution in [-0.4, -0.2) is 30.5 Å². The molecule has 2 aliphatic rings. The number of fused-ring (bicyclic) bond motifs is 1. The van der Waals surface area contributed by atoms with Crippen molar-refractivity contribution in [2.24, 2.45) is 5.92 Å². The van der Waals surface area contributed by atoms with E-state index < -0.39 is 29.9 Å². The second-order valence-electron chi connectivity index (χ2n) is 10.2. The zero-order chi connectivity index (χ0) is 29.1. The first-order valence-corrected chi connectivity index (χ1v) is 14.0. The lowest BCUT2D eigenvalue weighted by Gasteiger charge is -2.28. The fourth-order valence-electron chi connectivity index (χ4n) is 5.31. The average Bonchev–Trinajstić information content (AvgIpc) is 3.54. The summed E-state index contributed by atoms with van der Waals surface area (Å²) in [5, 5.41) is 1.64. The van der Waals surface area contributed by atoms with Crippen LogP contribution in [-0.2, 0) is 14.4 Å². The van der Waals surface area contributed by atoms with Crippen molar-refractivity contribution in [3.63, 3.8) is 0 Å². The number of hydroxylamine groups is 1. The zero-order valence-electron chi connectivity index (χ0n) is 23.1. The molecule has 6 rings (SSSR count). The van der Waals surface area contributed by atoms with Crippen molar-refractivity contribution < 1.29 is 28.7 Å². The number of hydrogen-bond donors (Lipinski definition) is 0. The molecule has 8 heteroatoms. The summed E-state index contributed by atoms with van der Waals surface area (Å²) in [5.41, 5.74) is 2.38. The lowest BCUT2D eigenvalue weighted by Crippen LogP contribution is -2.37. The zero-order valence-corrected chi connectivity index (χ0v) is 23.1. The molecule has 8 nitrogen and oxygen atoms in total. The third-order valence-corrected chi connectivity index (χ3v) is 7.43. The predicted molar refractivity (Wildman–Crippen MR) is 157 cm³/mol. The molecular weight excluding hydrogens is 532 g/mol. The van der Waals surface area contributed by atoms with Crippen molar-refractivity contribution in [3.8, 4) is 11.5 Å². The van der Waals surface area contributed by atoms with Crippen LogP contribution in [0, 0.1) is 5.92 Å². The number of amides is 2. The molecule has 4 aromatic carbocycles. The molecule has 2 aliphatic heterocycles. The lowest BCUT2D eigenvalue weighted by atomic mass is 9.90. The number of carbonyl (C=O) groups excluding carboxylic acids is 3. The van der Waals surface area contributed by atoms with Crippen LogP contribution in [0.15, 0.2) is 109 Å². The molecule has 0 N–H and O–H groups in total. The summed E-state index contributed by atoms with van der Waals surface area (Å²) >= 11 is 0. The highest BCUT2D eigenvalue weighted by molar-refractivity contribution is 6.24. The molecule has 0 aliphatic carbocycles. The number of rotatable bonds is 9. The van der Waals surface area contributed by atoms with Crippen LogP contribution in [0.25, 0.3) is 0 Å². The molecule has 2 heterocycles. The van der Waals surface area contributed by atoms with Gasteiger partial charge in [0.1, 0.15) is 17.4 Å². The molecule has 212 valence electrons. The SMILES string of the molecule is CCCCOc1ccc(N2C(=O)[C@@H]3[C@H](ON(c4ccccc4)[C@@H]3c3ccc(OC(=O)c4ccccc4)cc3)C2=O)cc1. The van der Waals surface area contributed by atoms with Crippen molar-refractivity contribution in [3.05, 3.63) is 120 Å². The number of carbonyl (C=O) groups is 3. The van der Waals surface area contributed by atoms with Crippen LogP contribution < -0.4 is 19.4 Å². The third-order valence-electron chi connectivity index (χ3n) is 7.43. The maximum absolute atomic E-state index is 13.9. The Morgan fingerprint density at radius 3 is 2.07 bits per heavy atom. The summed E-state index contributed by atoms with van der Waals surface area (Å²) in [6.07, 6.45) is 0.987. The van der Waals surface area contributed by atoms with Gasteiger partial charge in [-0.2, -0.15) is 0 Å². The van der Waals surface area contributed by atoms with Gasteiger partial charge in [0.25, 0.3) is 5.91 Å². The quantitative estimate of drug-likeness (QED) is 0.105. The second-order valence-corrected chi connectivity index (χ2v) is 10.2. The van der Waals surface area contributed by atoms with Gasteiger partial charge in [-0.05, 0) is 72.6 Å². The van der Waals surface area contributed by atoms with Crippen LogP contribution in [0.5, 0.6) is 11.5 Å². The minimum atomic E-state index is -0.987. The number of para-hydroxylation sites is 1. The van der Waals surface area contributed by atoms with Crippen LogP contribution in [0.1, 0.15) is 41.7 Å². The Morgan fingerprint density at radius 1 is 0.762 bits per heavy atom. The summed E-state index contributed by atoms with van der Waals surface area (Å²) in [6, 6.07) is 31.5. The van der Waals surface area contributed by atoms with Crippen LogP contribution in [0.3, 0.4) is 0 Å². The minimum Gasteiger partial charge on any atom is -0.494 e. The van der Waals surface area contributed by atoms with E-state index in [9.17, 15) is 14.4 Å². The molecule has 2 fully saturated rings. The molecule has 3 atom stereocenters. The first-order chi connectivity index (χ1) is 20.5. The topological polar surface area (TPSA) is 85.4 Å². The van der Waals surface area contributed by atoms with Gasteiger partial charge >= 0.3 is 5.97 Å². The number of ether oxygens (including phenoxy) is 2. The maximum Gasteiger partial charge on any atom is 0.343 e. The summed E-state index contributed by atoms with van der Waals surface area (Å²) < 4.78 is 11.3. The maximum atomic E-state index is 13.9. The van der Waals surface area contributed by atoms with Gasteiger partial charge in [-0.25, -0.2) is 14.8 Å². The fourth-order valence-corrected chi connectivity index (χ4v) is 5.31. The highest BCUT2D eigenvalue weighted by Crippen LogP contribution is 2.47. The standard InChI is InChI=1S/C34H30N2O6/c1-2-3-22-40-27-20-16-25(17-21-27)35-32(37)29-30(36(42-31(29)33(35)38)26-12-8-5-9-13-26)23-14-18-28(19-15-23)41-34(39)24-10-6-4-7-11-24/h4-21,29-31H,2-3,22H2,1H3/t29-,30+,31-/m0/s1. The van der Waals surface area contributed by atoms with Crippen molar-refractivity contribution in [2.75, 3.05) is 16.6 Å². The van der Waals surface area contributed by atoms with Crippen LogP contribution in [0.2, 0.25) is 0 Å². The number of hydrogen-bond acceptors (Lipinski definition) is 7.